The molecule has 4 amide bonds. The van der Waals surface area contributed by atoms with Crippen LogP contribution in [0.4, 0.5) is 4.79 Å². The number of carbonyl (C=O) groups is 3. The minimum Gasteiger partial charge on any atom is -0.263 e. The second-order valence-corrected chi connectivity index (χ2v) is 7.34. The first kappa shape index (κ1) is 16.6. The molecule has 0 bridgehead atoms. The van der Waals surface area contributed by atoms with Gasteiger partial charge in [0.05, 0.1) is 18.8 Å². The second kappa shape index (κ2) is 6.81. The number of carbonyl (C=O) groups excluding carboxylic acids is 3. The minimum absolute atomic E-state index is 0.00463. The Morgan fingerprint density at radius 2 is 1.62 bits per heavy atom. The molecule has 1 fully saturated rings. The molecule has 1 aliphatic heterocycles. The minimum atomic E-state index is -0.809. The number of hydrogen-bond acceptors (Lipinski definition) is 6. The number of rotatable bonds is 5. The lowest BCUT2D eigenvalue weighted by Crippen LogP contribution is -2.32. The first-order valence-corrected chi connectivity index (χ1v) is 9.64. The van der Waals surface area contributed by atoms with Crippen LogP contribution in [0.25, 0.3) is 10.6 Å². The van der Waals surface area contributed by atoms with Gasteiger partial charge in [0.25, 0.3) is 0 Å². The van der Waals surface area contributed by atoms with Crippen LogP contribution in [0.15, 0.2) is 52.5 Å². The molecular weight excluding hydrogens is 370 g/mol. The molecule has 8 heteroatoms. The van der Waals surface area contributed by atoms with Gasteiger partial charge in [-0.05, 0) is 17.0 Å². The highest BCUT2D eigenvalue weighted by Gasteiger charge is 2.44. The monoisotopic (exact) mass is 383 g/mol. The smallest absolute Gasteiger partial charge is 0.263 e. The number of imide groups is 2. The van der Waals surface area contributed by atoms with Gasteiger partial charge in [0.1, 0.15) is 5.01 Å². The van der Waals surface area contributed by atoms with E-state index in [0.717, 1.165) is 25.9 Å². The van der Waals surface area contributed by atoms with Gasteiger partial charge >= 0.3 is 17.8 Å². The van der Waals surface area contributed by atoms with Crippen molar-refractivity contribution in [1.82, 2.24) is 14.8 Å². The molecule has 0 aliphatic carbocycles. The normalized spacial score (nSPS) is 14.5. The van der Waals surface area contributed by atoms with Crippen molar-refractivity contribution in [2.75, 3.05) is 0 Å². The van der Waals surface area contributed by atoms with Crippen molar-refractivity contribution in [2.45, 2.75) is 13.1 Å². The maximum Gasteiger partial charge on any atom is 0.334 e. The van der Waals surface area contributed by atoms with E-state index in [4.69, 9.17) is 0 Å². The number of thiophene rings is 1. The van der Waals surface area contributed by atoms with Crippen LogP contribution in [0.1, 0.15) is 11.3 Å². The van der Waals surface area contributed by atoms with Gasteiger partial charge < -0.3 is 0 Å². The maximum absolute atomic E-state index is 12.6. The van der Waals surface area contributed by atoms with Gasteiger partial charge in [-0.3, -0.25) is 14.5 Å². The first-order valence-electron chi connectivity index (χ1n) is 7.81. The third-order valence-corrected chi connectivity index (χ3v) is 5.58. The summed E-state index contributed by atoms with van der Waals surface area (Å²) in [6.45, 7) is 0.0767. The third kappa shape index (κ3) is 3.04. The molecule has 1 aliphatic rings. The fourth-order valence-corrected chi connectivity index (χ4v) is 4.18. The summed E-state index contributed by atoms with van der Waals surface area (Å²) in [5, 5.41) is 6.58. The SMILES string of the molecule is O=C1C(=O)N(Cc2csc(-c3ccsc3)n2)C(=O)N1Cc1ccccc1. The molecule has 0 atom stereocenters. The van der Waals surface area contributed by atoms with Gasteiger partial charge in [0.2, 0.25) is 0 Å². The van der Waals surface area contributed by atoms with Crippen LogP contribution in [-0.4, -0.2) is 32.6 Å². The van der Waals surface area contributed by atoms with E-state index in [2.05, 4.69) is 4.98 Å². The summed E-state index contributed by atoms with van der Waals surface area (Å²) in [6.07, 6.45) is 0. The zero-order valence-electron chi connectivity index (χ0n) is 13.5. The van der Waals surface area contributed by atoms with Gasteiger partial charge in [-0.25, -0.2) is 14.7 Å². The van der Waals surface area contributed by atoms with E-state index in [9.17, 15) is 14.4 Å². The molecule has 0 radical (unpaired) electrons. The molecule has 1 saturated heterocycles. The van der Waals surface area contributed by atoms with E-state index in [1.165, 1.54) is 11.3 Å². The van der Waals surface area contributed by atoms with Crippen molar-refractivity contribution in [3.63, 3.8) is 0 Å². The van der Waals surface area contributed by atoms with Gasteiger partial charge in [-0.15, -0.1) is 11.3 Å². The zero-order valence-corrected chi connectivity index (χ0v) is 15.1. The Morgan fingerprint density at radius 1 is 0.885 bits per heavy atom. The Bertz CT molecular complexity index is 967. The van der Waals surface area contributed by atoms with Gasteiger partial charge in [-0.1, -0.05) is 30.3 Å². The van der Waals surface area contributed by atoms with Crippen LogP contribution in [0.2, 0.25) is 0 Å². The molecule has 0 spiro atoms. The van der Waals surface area contributed by atoms with Crippen molar-refractivity contribution in [3.05, 3.63) is 63.8 Å². The lowest BCUT2D eigenvalue weighted by molar-refractivity contribution is -0.143. The maximum atomic E-state index is 12.6. The zero-order chi connectivity index (χ0) is 18.1. The van der Waals surface area contributed by atoms with Gasteiger partial charge in [0.15, 0.2) is 0 Å². The molecule has 2 aromatic heterocycles. The Hall–Kier alpha value is -2.84. The van der Waals surface area contributed by atoms with E-state index < -0.39 is 17.8 Å². The predicted molar refractivity (Wildman–Crippen MR) is 98.4 cm³/mol. The molecule has 26 heavy (non-hydrogen) atoms. The van der Waals surface area contributed by atoms with E-state index in [1.807, 2.05) is 35.0 Å². The number of hydrogen-bond donors (Lipinski definition) is 0. The molecule has 130 valence electrons. The fraction of sp³-hybridized carbons (Fsp3) is 0.111. The lowest BCUT2D eigenvalue weighted by Gasteiger charge is -2.14. The molecule has 1 aromatic carbocycles. The van der Waals surface area contributed by atoms with Crippen molar-refractivity contribution in [2.24, 2.45) is 0 Å². The molecular formula is C18H13N3O3S2. The Kier molecular flexibility index (Phi) is 4.36. The van der Waals surface area contributed by atoms with E-state index >= 15 is 0 Å². The van der Waals surface area contributed by atoms with Crippen LogP contribution in [0.3, 0.4) is 0 Å². The van der Waals surface area contributed by atoms with Crippen LogP contribution in [0, 0.1) is 0 Å². The summed E-state index contributed by atoms with van der Waals surface area (Å²) in [5.74, 6) is -1.61. The van der Waals surface area contributed by atoms with Crippen LogP contribution in [0.5, 0.6) is 0 Å². The summed E-state index contributed by atoms with van der Waals surface area (Å²) < 4.78 is 0. The van der Waals surface area contributed by atoms with Gasteiger partial charge in [0, 0.05) is 16.3 Å². The Labute approximate surface area is 157 Å². The summed E-state index contributed by atoms with van der Waals surface area (Å²) in [5.41, 5.74) is 2.39. The highest BCUT2D eigenvalue weighted by molar-refractivity contribution is 7.14. The van der Waals surface area contributed by atoms with Crippen molar-refractivity contribution in [3.8, 4) is 10.6 Å². The summed E-state index contributed by atoms with van der Waals surface area (Å²) >= 11 is 3.02. The topological polar surface area (TPSA) is 70.6 Å². The van der Waals surface area contributed by atoms with E-state index in [1.54, 1.807) is 28.8 Å². The van der Waals surface area contributed by atoms with E-state index in [0.29, 0.717) is 5.69 Å². The standard InChI is InChI=1S/C18H13N3O3S2/c22-16-17(23)21(18(24)20(16)8-12-4-2-1-3-5-12)9-14-11-26-15(19-14)13-6-7-25-10-13/h1-7,10-11H,8-9H2. The third-order valence-electron chi connectivity index (χ3n) is 3.96. The molecule has 3 aromatic rings. The highest BCUT2D eigenvalue weighted by Crippen LogP contribution is 2.27. The first-order chi connectivity index (χ1) is 12.6. The average Bonchev–Trinajstić information content (AvgIpc) is 3.37. The highest BCUT2D eigenvalue weighted by atomic mass is 32.1. The number of thiazole rings is 1. The van der Waals surface area contributed by atoms with Crippen molar-refractivity contribution < 1.29 is 14.4 Å². The Morgan fingerprint density at radius 3 is 2.31 bits per heavy atom. The van der Waals surface area contributed by atoms with Crippen LogP contribution < -0.4 is 0 Å². The van der Waals surface area contributed by atoms with Gasteiger partial charge in [-0.2, -0.15) is 11.3 Å². The fourth-order valence-electron chi connectivity index (χ4n) is 2.66. The average molecular weight is 383 g/mol. The van der Waals surface area contributed by atoms with Crippen molar-refractivity contribution >= 4 is 40.5 Å². The largest absolute Gasteiger partial charge is 0.334 e. The molecule has 0 saturated carbocycles. The number of urea groups is 1. The molecule has 4 rings (SSSR count). The number of amides is 4. The predicted octanol–water partition coefficient (Wildman–Crippen LogP) is 3.36. The second-order valence-electron chi connectivity index (χ2n) is 5.71. The molecule has 3 heterocycles. The Balaban J connectivity index is 1.51. The van der Waals surface area contributed by atoms with E-state index in [-0.39, 0.29) is 13.1 Å². The summed E-state index contributed by atoms with van der Waals surface area (Å²) in [7, 11) is 0. The lowest BCUT2D eigenvalue weighted by atomic mass is 10.2. The quantitative estimate of drug-likeness (QED) is 0.500. The summed E-state index contributed by atoms with van der Waals surface area (Å²) in [6, 6.07) is 10.5. The molecule has 6 nitrogen and oxygen atoms in total. The molecule has 0 unspecified atom stereocenters. The summed E-state index contributed by atoms with van der Waals surface area (Å²) in [4.78, 5) is 43.4. The van der Waals surface area contributed by atoms with Crippen LogP contribution in [-0.2, 0) is 22.7 Å². The van der Waals surface area contributed by atoms with Crippen LogP contribution >= 0.6 is 22.7 Å². The number of aromatic nitrogens is 1. The molecule has 0 N–H and O–H groups in total. The van der Waals surface area contributed by atoms with Crippen molar-refractivity contribution in [1.29, 1.82) is 0 Å². The number of nitrogens with zero attached hydrogens (tertiary/aromatic N) is 3. The number of benzene rings is 1.